The van der Waals surface area contributed by atoms with Crippen LogP contribution in [0.4, 0.5) is 0 Å². The van der Waals surface area contributed by atoms with Gasteiger partial charge in [-0.2, -0.15) is 0 Å². The van der Waals surface area contributed by atoms with Gasteiger partial charge in [0.2, 0.25) is 0 Å². The van der Waals surface area contributed by atoms with E-state index in [4.69, 9.17) is 5.73 Å². The third kappa shape index (κ3) is 1.74. The predicted octanol–water partition coefficient (Wildman–Crippen LogP) is 0.921. The average Bonchev–Trinajstić information content (AvgIpc) is 2.30. The summed E-state index contributed by atoms with van der Waals surface area (Å²) in [5, 5.41) is 0. The molecule has 0 bridgehead atoms. The summed E-state index contributed by atoms with van der Waals surface area (Å²) >= 11 is 0. The molecule has 2 unspecified atom stereocenters. The van der Waals surface area contributed by atoms with Crippen LogP contribution in [0.2, 0.25) is 0 Å². The van der Waals surface area contributed by atoms with Crippen molar-refractivity contribution in [3.05, 3.63) is 0 Å². The van der Waals surface area contributed by atoms with Gasteiger partial charge in [-0.25, -0.2) is 0 Å². The number of hydrogen-bond donors (Lipinski definition) is 1. The van der Waals surface area contributed by atoms with Crippen LogP contribution < -0.4 is 5.73 Å². The number of nitrogens with two attached hydrogens (primary N) is 1. The van der Waals surface area contributed by atoms with E-state index in [-0.39, 0.29) is 0 Å². The van der Waals surface area contributed by atoms with Crippen LogP contribution in [-0.4, -0.2) is 31.6 Å². The molecule has 2 atom stereocenters. The van der Waals surface area contributed by atoms with Crippen LogP contribution in [0.1, 0.15) is 20.3 Å². The molecule has 1 rings (SSSR count). The van der Waals surface area contributed by atoms with Crippen molar-refractivity contribution in [2.75, 3.05) is 20.6 Å². The molecule has 66 valence electrons. The summed E-state index contributed by atoms with van der Waals surface area (Å²) in [6.07, 6.45) is 1.25. The van der Waals surface area contributed by atoms with Gasteiger partial charge in [-0.1, -0.05) is 13.8 Å². The van der Waals surface area contributed by atoms with Crippen molar-refractivity contribution >= 4 is 0 Å². The molecule has 0 saturated heterocycles. The van der Waals surface area contributed by atoms with Crippen molar-refractivity contribution < 1.29 is 0 Å². The van der Waals surface area contributed by atoms with Crippen molar-refractivity contribution in [3.8, 4) is 0 Å². The molecule has 0 amide bonds. The minimum Gasteiger partial charge on any atom is -0.327 e. The van der Waals surface area contributed by atoms with Gasteiger partial charge in [0.15, 0.2) is 0 Å². The summed E-state index contributed by atoms with van der Waals surface area (Å²) in [4.78, 5) is 2.22. The van der Waals surface area contributed by atoms with Gasteiger partial charge in [0.05, 0.1) is 0 Å². The lowest BCUT2D eigenvalue weighted by atomic mass is 10.1. The maximum Gasteiger partial charge on any atom is 0.0128 e. The lowest BCUT2D eigenvalue weighted by Crippen LogP contribution is -2.15. The first-order chi connectivity index (χ1) is 4.96. The number of hydrogen-bond acceptors (Lipinski definition) is 2. The predicted molar refractivity (Wildman–Crippen MR) is 48.4 cm³/mol. The van der Waals surface area contributed by atoms with Gasteiger partial charge < -0.3 is 10.6 Å². The Hall–Kier alpha value is -0.0800. The summed E-state index contributed by atoms with van der Waals surface area (Å²) in [7, 11) is 4.22. The number of nitrogens with zero attached hydrogens (tertiary/aromatic N) is 1. The first kappa shape index (κ1) is 9.01. The van der Waals surface area contributed by atoms with E-state index < -0.39 is 0 Å². The molecule has 0 aromatic heterocycles. The molecule has 1 saturated carbocycles. The minimum atomic E-state index is 0.413. The van der Waals surface area contributed by atoms with E-state index >= 15 is 0 Å². The van der Waals surface area contributed by atoms with Crippen molar-refractivity contribution in [3.63, 3.8) is 0 Å². The Bertz CT molecular complexity index is 140. The quantitative estimate of drug-likeness (QED) is 0.658. The summed E-state index contributed by atoms with van der Waals surface area (Å²) in [6, 6.07) is 0.447. The monoisotopic (exact) mass is 156 g/mol. The highest BCUT2D eigenvalue weighted by molar-refractivity contribution is 5.08. The van der Waals surface area contributed by atoms with Gasteiger partial charge in [0, 0.05) is 6.04 Å². The van der Waals surface area contributed by atoms with Crippen molar-refractivity contribution in [2.24, 2.45) is 17.1 Å². The molecular formula is C9H20N2. The van der Waals surface area contributed by atoms with Gasteiger partial charge >= 0.3 is 0 Å². The molecule has 0 aromatic rings. The Morgan fingerprint density at radius 3 is 2.09 bits per heavy atom. The minimum absolute atomic E-state index is 0.413. The topological polar surface area (TPSA) is 29.3 Å². The third-order valence-electron chi connectivity index (χ3n) is 3.03. The van der Waals surface area contributed by atoms with Crippen LogP contribution in [0.5, 0.6) is 0 Å². The zero-order valence-electron chi connectivity index (χ0n) is 8.09. The van der Waals surface area contributed by atoms with E-state index in [1.54, 1.807) is 0 Å². The van der Waals surface area contributed by atoms with Crippen LogP contribution in [0.15, 0.2) is 0 Å². The zero-order valence-corrected chi connectivity index (χ0v) is 8.09. The fourth-order valence-corrected chi connectivity index (χ4v) is 1.74. The molecule has 1 aliphatic rings. The standard InChI is InChI=1S/C9H20N2/c1-9(2)7(8(9)10)5-6-11(3)4/h7-8H,5-6,10H2,1-4H3. The van der Waals surface area contributed by atoms with Gasteiger partial charge in [-0.15, -0.1) is 0 Å². The SMILES string of the molecule is CN(C)CCC1C(N)C1(C)C. The molecule has 0 aromatic carbocycles. The van der Waals surface area contributed by atoms with Crippen molar-refractivity contribution in [2.45, 2.75) is 26.3 Å². The summed E-state index contributed by atoms with van der Waals surface area (Å²) in [5.41, 5.74) is 6.32. The fraction of sp³-hybridized carbons (Fsp3) is 1.00. The van der Waals surface area contributed by atoms with Crippen molar-refractivity contribution in [1.82, 2.24) is 4.90 Å². The Labute approximate surface area is 69.8 Å². The molecule has 0 spiro atoms. The van der Waals surface area contributed by atoms with Gasteiger partial charge in [-0.05, 0) is 38.4 Å². The zero-order chi connectivity index (χ0) is 8.65. The molecular weight excluding hydrogens is 136 g/mol. The van der Waals surface area contributed by atoms with Crippen LogP contribution >= 0.6 is 0 Å². The molecule has 1 aliphatic carbocycles. The van der Waals surface area contributed by atoms with E-state index in [0.29, 0.717) is 11.5 Å². The lowest BCUT2D eigenvalue weighted by molar-refractivity contribution is 0.372. The van der Waals surface area contributed by atoms with E-state index in [1.807, 2.05) is 0 Å². The highest BCUT2D eigenvalue weighted by atomic mass is 15.1. The molecule has 2 nitrogen and oxygen atoms in total. The third-order valence-corrected chi connectivity index (χ3v) is 3.03. The van der Waals surface area contributed by atoms with Crippen LogP contribution in [0.3, 0.4) is 0 Å². The largest absolute Gasteiger partial charge is 0.327 e. The molecule has 2 N–H and O–H groups in total. The van der Waals surface area contributed by atoms with E-state index in [1.165, 1.54) is 13.0 Å². The van der Waals surface area contributed by atoms with Gasteiger partial charge in [0.1, 0.15) is 0 Å². The molecule has 11 heavy (non-hydrogen) atoms. The lowest BCUT2D eigenvalue weighted by Gasteiger charge is -2.09. The molecule has 0 heterocycles. The number of rotatable bonds is 3. The summed E-state index contributed by atoms with van der Waals surface area (Å²) in [6.45, 7) is 5.69. The van der Waals surface area contributed by atoms with Crippen molar-refractivity contribution in [1.29, 1.82) is 0 Å². The first-order valence-electron chi connectivity index (χ1n) is 4.36. The molecule has 1 fully saturated rings. The molecule has 0 radical (unpaired) electrons. The second-order valence-corrected chi connectivity index (χ2v) is 4.55. The Morgan fingerprint density at radius 2 is 1.82 bits per heavy atom. The Kier molecular flexibility index (Phi) is 2.26. The summed E-state index contributed by atoms with van der Waals surface area (Å²) in [5.74, 6) is 0.755. The highest BCUT2D eigenvalue weighted by Crippen LogP contribution is 2.52. The Balaban J connectivity index is 2.22. The van der Waals surface area contributed by atoms with Gasteiger partial charge in [0.25, 0.3) is 0 Å². The normalized spacial score (nSPS) is 34.4. The van der Waals surface area contributed by atoms with Crippen LogP contribution in [0.25, 0.3) is 0 Å². The second kappa shape index (κ2) is 2.76. The molecule has 0 aliphatic heterocycles. The first-order valence-corrected chi connectivity index (χ1v) is 4.36. The van der Waals surface area contributed by atoms with Crippen LogP contribution in [-0.2, 0) is 0 Å². The van der Waals surface area contributed by atoms with Gasteiger partial charge in [-0.3, -0.25) is 0 Å². The Morgan fingerprint density at radius 1 is 1.36 bits per heavy atom. The summed E-state index contributed by atoms with van der Waals surface area (Å²) < 4.78 is 0. The second-order valence-electron chi connectivity index (χ2n) is 4.55. The highest BCUT2D eigenvalue weighted by Gasteiger charge is 2.54. The van der Waals surface area contributed by atoms with E-state index in [2.05, 4.69) is 32.8 Å². The maximum absolute atomic E-state index is 5.91. The maximum atomic E-state index is 5.91. The van der Waals surface area contributed by atoms with Crippen LogP contribution in [0, 0.1) is 11.3 Å². The van der Waals surface area contributed by atoms with E-state index in [0.717, 1.165) is 5.92 Å². The molecule has 2 heteroatoms. The fourth-order valence-electron chi connectivity index (χ4n) is 1.74. The smallest absolute Gasteiger partial charge is 0.0128 e. The average molecular weight is 156 g/mol. The van der Waals surface area contributed by atoms with E-state index in [9.17, 15) is 0 Å².